The first-order valence-electron chi connectivity index (χ1n) is 7.16. The molecule has 0 unspecified atom stereocenters. The van der Waals surface area contributed by atoms with Gasteiger partial charge in [-0.15, -0.1) is 0 Å². The van der Waals surface area contributed by atoms with Gasteiger partial charge < -0.3 is 9.88 Å². The highest BCUT2D eigenvalue weighted by molar-refractivity contribution is 5.32. The molecule has 1 fully saturated rings. The molecule has 1 aromatic rings. The van der Waals surface area contributed by atoms with Crippen LogP contribution in [0.5, 0.6) is 0 Å². The number of anilines is 1. The van der Waals surface area contributed by atoms with Crippen LogP contribution in [0.4, 0.5) is 5.82 Å². The Morgan fingerprint density at radius 1 is 1.50 bits per heavy atom. The zero-order chi connectivity index (χ0) is 14.4. The van der Waals surface area contributed by atoms with Gasteiger partial charge in [-0.05, 0) is 19.3 Å². The first-order chi connectivity index (χ1) is 9.74. The molecule has 20 heavy (non-hydrogen) atoms. The molecule has 0 atom stereocenters. The van der Waals surface area contributed by atoms with Crippen LogP contribution in [0.3, 0.4) is 0 Å². The van der Waals surface area contributed by atoms with Crippen molar-refractivity contribution in [2.45, 2.75) is 38.8 Å². The average Bonchev–Trinajstić information content (AvgIpc) is 2.46. The summed E-state index contributed by atoms with van der Waals surface area (Å²) < 4.78 is 1.69. The van der Waals surface area contributed by atoms with Crippen LogP contribution in [-0.2, 0) is 6.54 Å². The van der Waals surface area contributed by atoms with Crippen LogP contribution in [0, 0.1) is 11.3 Å². The molecule has 0 bridgehead atoms. The molecule has 1 aromatic heterocycles. The second kappa shape index (κ2) is 7.06. The lowest BCUT2D eigenvalue weighted by atomic mass is 10.1. The fourth-order valence-electron chi connectivity index (χ4n) is 2.49. The van der Waals surface area contributed by atoms with Crippen LogP contribution in [-0.4, -0.2) is 40.1 Å². The number of aryl methyl sites for hydroxylation is 1. The summed E-state index contributed by atoms with van der Waals surface area (Å²) in [5.41, 5.74) is -0.0474. The van der Waals surface area contributed by atoms with E-state index in [0.717, 1.165) is 38.9 Å². The number of aromatic nitrogens is 2. The molecule has 0 radical (unpaired) electrons. The van der Waals surface area contributed by atoms with Gasteiger partial charge in [-0.25, -0.2) is 4.98 Å². The van der Waals surface area contributed by atoms with E-state index in [1.165, 1.54) is 0 Å². The summed E-state index contributed by atoms with van der Waals surface area (Å²) in [6, 6.07) is 2.44. The molecule has 1 aliphatic heterocycles. The Bertz CT molecular complexity index is 525. The number of hydrogen-bond donors (Lipinski definition) is 1. The number of nitrogens with one attached hydrogen (secondary N) is 1. The third-order valence-corrected chi connectivity index (χ3v) is 3.60. The smallest absolute Gasteiger partial charge is 0.293 e. The van der Waals surface area contributed by atoms with Crippen LogP contribution in [0.1, 0.15) is 26.2 Å². The van der Waals surface area contributed by atoms with Crippen molar-refractivity contribution >= 4 is 5.82 Å². The van der Waals surface area contributed by atoms with Crippen LogP contribution >= 0.6 is 0 Å². The number of nitrogens with zero attached hydrogens (tertiary/aromatic N) is 4. The largest absolute Gasteiger partial charge is 0.363 e. The maximum atomic E-state index is 12.2. The molecule has 6 heteroatoms. The van der Waals surface area contributed by atoms with Gasteiger partial charge in [0.15, 0.2) is 5.82 Å². The summed E-state index contributed by atoms with van der Waals surface area (Å²) in [6.45, 7) is 5.03. The minimum atomic E-state index is -0.0474. The number of piperidine rings is 1. The molecule has 0 aromatic carbocycles. The SMILES string of the molecule is CCCn1ccnc(NC2CCN(CC#N)CC2)c1=O. The molecule has 6 nitrogen and oxygen atoms in total. The second-order valence-corrected chi connectivity index (χ2v) is 5.13. The molecule has 1 saturated heterocycles. The molecule has 1 N–H and O–H groups in total. The number of hydrogen-bond acceptors (Lipinski definition) is 5. The predicted octanol–water partition coefficient (Wildman–Crippen LogP) is 1.05. The number of nitriles is 1. The van der Waals surface area contributed by atoms with Gasteiger partial charge in [-0.2, -0.15) is 5.26 Å². The fraction of sp³-hybridized carbons (Fsp3) is 0.643. The van der Waals surface area contributed by atoms with E-state index in [4.69, 9.17) is 5.26 Å². The third kappa shape index (κ3) is 3.58. The Hall–Kier alpha value is -1.87. The monoisotopic (exact) mass is 275 g/mol. The van der Waals surface area contributed by atoms with Crippen molar-refractivity contribution in [1.29, 1.82) is 5.26 Å². The van der Waals surface area contributed by atoms with Crippen molar-refractivity contribution in [2.75, 3.05) is 25.0 Å². The molecule has 2 heterocycles. The van der Waals surface area contributed by atoms with Gasteiger partial charge in [0.05, 0.1) is 12.6 Å². The highest BCUT2D eigenvalue weighted by Gasteiger charge is 2.20. The Labute approximate surface area is 119 Å². The normalized spacial score (nSPS) is 16.8. The lowest BCUT2D eigenvalue weighted by Crippen LogP contribution is -2.40. The van der Waals surface area contributed by atoms with Crippen LogP contribution < -0.4 is 10.9 Å². The molecular weight excluding hydrogens is 254 g/mol. The number of likely N-dealkylation sites (tertiary alicyclic amines) is 1. The van der Waals surface area contributed by atoms with Crippen molar-refractivity contribution in [2.24, 2.45) is 0 Å². The average molecular weight is 275 g/mol. The van der Waals surface area contributed by atoms with E-state index in [-0.39, 0.29) is 11.6 Å². The topological polar surface area (TPSA) is 74.0 Å². The maximum Gasteiger partial charge on any atom is 0.293 e. The molecule has 2 rings (SSSR count). The molecule has 0 amide bonds. The first kappa shape index (κ1) is 14.5. The van der Waals surface area contributed by atoms with Crippen molar-refractivity contribution in [1.82, 2.24) is 14.5 Å². The van der Waals surface area contributed by atoms with Gasteiger partial charge in [0.2, 0.25) is 0 Å². The molecule has 0 saturated carbocycles. The van der Waals surface area contributed by atoms with Crippen LogP contribution in [0.25, 0.3) is 0 Å². The molecule has 0 spiro atoms. The van der Waals surface area contributed by atoms with Gasteiger partial charge in [0.1, 0.15) is 0 Å². The van der Waals surface area contributed by atoms with E-state index in [2.05, 4.69) is 21.3 Å². The third-order valence-electron chi connectivity index (χ3n) is 3.60. The van der Waals surface area contributed by atoms with E-state index < -0.39 is 0 Å². The molecule has 108 valence electrons. The fourth-order valence-corrected chi connectivity index (χ4v) is 2.49. The molecular formula is C14H21N5O. The summed E-state index contributed by atoms with van der Waals surface area (Å²) in [5.74, 6) is 0.444. The minimum absolute atomic E-state index is 0.0474. The Balaban J connectivity index is 1.96. The van der Waals surface area contributed by atoms with Gasteiger partial charge in [-0.3, -0.25) is 9.69 Å². The van der Waals surface area contributed by atoms with E-state index >= 15 is 0 Å². The summed E-state index contributed by atoms with van der Waals surface area (Å²) in [4.78, 5) is 18.5. The summed E-state index contributed by atoms with van der Waals surface area (Å²) in [7, 11) is 0. The van der Waals surface area contributed by atoms with Gasteiger partial charge in [-0.1, -0.05) is 6.92 Å². The lowest BCUT2D eigenvalue weighted by molar-refractivity contribution is 0.242. The van der Waals surface area contributed by atoms with E-state index in [9.17, 15) is 4.79 Å². The maximum absolute atomic E-state index is 12.2. The summed E-state index contributed by atoms with van der Waals surface area (Å²) >= 11 is 0. The minimum Gasteiger partial charge on any atom is -0.363 e. The zero-order valence-electron chi connectivity index (χ0n) is 11.9. The summed E-state index contributed by atoms with van der Waals surface area (Å²) in [5, 5.41) is 11.9. The van der Waals surface area contributed by atoms with Crippen LogP contribution in [0.15, 0.2) is 17.2 Å². The standard InChI is InChI=1S/C14H21N5O/c1-2-7-19-11-6-16-13(14(19)20)17-12-3-8-18(9-4-12)10-5-15/h6,11-12H,2-4,7-10H2,1H3,(H,16,17). The lowest BCUT2D eigenvalue weighted by Gasteiger charge is -2.30. The van der Waals surface area contributed by atoms with Crippen LogP contribution in [0.2, 0.25) is 0 Å². The molecule has 0 aliphatic carbocycles. The Kier molecular flexibility index (Phi) is 5.13. The van der Waals surface area contributed by atoms with Gasteiger partial charge in [0.25, 0.3) is 5.56 Å². The first-order valence-corrected chi connectivity index (χ1v) is 7.16. The van der Waals surface area contributed by atoms with Gasteiger partial charge in [0, 0.05) is 38.1 Å². The Morgan fingerprint density at radius 3 is 2.90 bits per heavy atom. The number of rotatable bonds is 5. The summed E-state index contributed by atoms with van der Waals surface area (Å²) in [6.07, 6.45) is 6.20. The van der Waals surface area contributed by atoms with E-state index in [1.807, 2.05) is 6.92 Å². The second-order valence-electron chi connectivity index (χ2n) is 5.13. The van der Waals surface area contributed by atoms with E-state index in [0.29, 0.717) is 12.4 Å². The van der Waals surface area contributed by atoms with Crippen molar-refractivity contribution < 1.29 is 0 Å². The highest BCUT2D eigenvalue weighted by Crippen LogP contribution is 2.13. The zero-order valence-corrected chi connectivity index (χ0v) is 11.9. The predicted molar refractivity (Wildman–Crippen MR) is 77.5 cm³/mol. The van der Waals surface area contributed by atoms with Crippen molar-refractivity contribution in [3.8, 4) is 6.07 Å². The quantitative estimate of drug-likeness (QED) is 0.813. The van der Waals surface area contributed by atoms with E-state index in [1.54, 1.807) is 17.0 Å². The Morgan fingerprint density at radius 2 is 2.25 bits per heavy atom. The van der Waals surface area contributed by atoms with Crippen molar-refractivity contribution in [3.63, 3.8) is 0 Å². The highest BCUT2D eigenvalue weighted by atomic mass is 16.1. The van der Waals surface area contributed by atoms with Gasteiger partial charge >= 0.3 is 0 Å². The molecule has 1 aliphatic rings. The van der Waals surface area contributed by atoms with Crippen molar-refractivity contribution in [3.05, 3.63) is 22.7 Å².